The molecule has 1 aromatic carbocycles. The molecule has 0 amide bonds. The molecule has 170 valence electrons. The van der Waals surface area contributed by atoms with Crippen LogP contribution in [-0.2, 0) is 21.3 Å². The molecular weight excluding hydrogens is 430 g/mol. The highest BCUT2D eigenvalue weighted by atomic mass is 32.2. The number of anilines is 4. The van der Waals surface area contributed by atoms with Crippen LogP contribution < -0.4 is 14.9 Å². The van der Waals surface area contributed by atoms with E-state index in [1.165, 1.54) is 6.20 Å². The fraction of sp³-hybridized carbons (Fsp3) is 0.381. The first-order valence-electron chi connectivity index (χ1n) is 10.5. The number of sulfonamides is 1. The Kier molecular flexibility index (Phi) is 6.28. The largest absolute Gasteiger partial charge is 0.378 e. The standard InChI is InChI=1S/C21H27N7O3S/c1-4-27-14-20(23-16(27)3)32(29,30)26-18-7-5-17(6-8-18)24-21-22-15(2)13-19(25-21)28-9-11-31-12-10-28/h5-8,13-14,26H,4,9-12H2,1-3H3,(H,22,24,25). The van der Waals surface area contributed by atoms with Crippen molar-refractivity contribution in [3.63, 3.8) is 0 Å². The lowest BCUT2D eigenvalue weighted by molar-refractivity contribution is 0.122. The topological polar surface area (TPSA) is 114 Å². The Morgan fingerprint density at radius 2 is 1.72 bits per heavy atom. The maximum Gasteiger partial charge on any atom is 0.280 e. The molecule has 11 heteroatoms. The molecule has 1 aliphatic heterocycles. The smallest absolute Gasteiger partial charge is 0.280 e. The van der Waals surface area contributed by atoms with Crippen molar-refractivity contribution in [2.45, 2.75) is 32.3 Å². The van der Waals surface area contributed by atoms with Gasteiger partial charge in [0.15, 0.2) is 5.03 Å². The number of imidazole rings is 1. The van der Waals surface area contributed by atoms with Gasteiger partial charge < -0.3 is 19.5 Å². The van der Waals surface area contributed by atoms with Gasteiger partial charge in [0.25, 0.3) is 10.0 Å². The number of nitrogens with zero attached hydrogens (tertiary/aromatic N) is 5. The average Bonchev–Trinajstić information content (AvgIpc) is 3.17. The van der Waals surface area contributed by atoms with E-state index in [-0.39, 0.29) is 5.03 Å². The summed E-state index contributed by atoms with van der Waals surface area (Å²) in [6.45, 7) is 9.25. The molecule has 1 fully saturated rings. The number of rotatable bonds is 7. The molecule has 10 nitrogen and oxygen atoms in total. The molecule has 4 rings (SSSR count). The van der Waals surface area contributed by atoms with Crippen molar-refractivity contribution < 1.29 is 13.2 Å². The zero-order valence-electron chi connectivity index (χ0n) is 18.4. The molecule has 3 aromatic rings. The molecule has 32 heavy (non-hydrogen) atoms. The molecule has 0 saturated carbocycles. The van der Waals surface area contributed by atoms with E-state index in [1.54, 1.807) is 35.8 Å². The number of aromatic nitrogens is 4. The maximum absolute atomic E-state index is 12.6. The second-order valence-electron chi connectivity index (χ2n) is 7.51. The Morgan fingerprint density at radius 3 is 2.38 bits per heavy atom. The summed E-state index contributed by atoms with van der Waals surface area (Å²) in [4.78, 5) is 15.4. The van der Waals surface area contributed by atoms with Crippen molar-refractivity contribution in [2.24, 2.45) is 0 Å². The van der Waals surface area contributed by atoms with E-state index >= 15 is 0 Å². The molecule has 1 aliphatic rings. The van der Waals surface area contributed by atoms with Gasteiger partial charge in [-0.05, 0) is 45.0 Å². The van der Waals surface area contributed by atoms with Crippen molar-refractivity contribution in [1.82, 2.24) is 19.5 Å². The highest BCUT2D eigenvalue weighted by Crippen LogP contribution is 2.22. The first-order chi connectivity index (χ1) is 15.3. The maximum atomic E-state index is 12.6. The van der Waals surface area contributed by atoms with Gasteiger partial charge in [-0.3, -0.25) is 4.72 Å². The fourth-order valence-corrected chi connectivity index (χ4v) is 4.52. The predicted octanol–water partition coefficient (Wildman–Crippen LogP) is 2.69. The minimum Gasteiger partial charge on any atom is -0.378 e. The summed E-state index contributed by atoms with van der Waals surface area (Å²) in [7, 11) is -3.76. The van der Waals surface area contributed by atoms with Crippen molar-refractivity contribution in [1.29, 1.82) is 0 Å². The van der Waals surface area contributed by atoms with Gasteiger partial charge in [-0.25, -0.2) is 9.97 Å². The lowest BCUT2D eigenvalue weighted by atomic mass is 10.3. The molecule has 2 aromatic heterocycles. The minimum atomic E-state index is -3.76. The molecule has 0 atom stereocenters. The third-order valence-corrected chi connectivity index (χ3v) is 6.39. The van der Waals surface area contributed by atoms with Crippen molar-refractivity contribution in [3.05, 3.63) is 48.0 Å². The van der Waals surface area contributed by atoms with Crippen LogP contribution in [0.15, 0.2) is 41.6 Å². The fourth-order valence-electron chi connectivity index (χ4n) is 3.45. The molecule has 2 N–H and O–H groups in total. The molecule has 0 spiro atoms. The van der Waals surface area contributed by atoms with Crippen molar-refractivity contribution in [2.75, 3.05) is 41.2 Å². The van der Waals surface area contributed by atoms with E-state index < -0.39 is 10.0 Å². The Morgan fingerprint density at radius 1 is 1.03 bits per heavy atom. The first kappa shape index (κ1) is 22.0. The summed E-state index contributed by atoms with van der Waals surface area (Å²) in [6, 6.07) is 8.86. The lowest BCUT2D eigenvalue weighted by Crippen LogP contribution is -2.36. The number of benzene rings is 1. The van der Waals surface area contributed by atoms with Crippen molar-refractivity contribution >= 4 is 33.2 Å². The van der Waals surface area contributed by atoms with Crippen LogP contribution in [0.2, 0.25) is 0 Å². The first-order valence-corrected chi connectivity index (χ1v) is 11.9. The molecular formula is C21H27N7O3S. The Balaban J connectivity index is 1.46. The van der Waals surface area contributed by atoms with Gasteiger partial charge in [0.1, 0.15) is 11.6 Å². The Labute approximate surface area is 187 Å². The molecule has 0 radical (unpaired) electrons. The number of hydrogen-bond acceptors (Lipinski definition) is 8. The molecule has 0 aliphatic carbocycles. The summed E-state index contributed by atoms with van der Waals surface area (Å²) in [6.07, 6.45) is 1.54. The normalized spacial score (nSPS) is 14.4. The summed E-state index contributed by atoms with van der Waals surface area (Å²) in [5, 5.41) is 3.19. The van der Waals surface area contributed by atoms with Gasteiger partial charge in [-0.15, -0.1) is 0 Å². The zero-order valence-corrected chi connectivity index (χ0v) is 19.2. The number of ether oxygens (including phenoxy) is 1. The molecule has 3 heterocycles. The monoisotopic (exact) mass is 457 g/mol. The van der Waals surface area contributed by atoms with Gasteiger partial charge in [0.2, 0.25) is 5.95 Å². The predicted molar refractivity (Wildman–Crippen MR) is 123 cm³/mol. The lowest BCUT2D eigenvalue weighted by Gasteiger charge is -2.28. The van der Waals surface area contributed by atoms with E-state index in [4.69, 9.17) is 4.74 Å². The van der Waals surface area contributed by atoms with Crippen LogP contribution >= 0.6 is 0 Å². The second kappa shape index (κ2) is 9.13. The number of aryl methyl sites for hydroxylation is 3. The van der Waals surface area contributed by atoms with Crippen LogP contribution in [-0.4, -0.2) is 54.2 Å². The van der Waals surface area contributed by atoms with Gasteiger partial charge in [-0.2, -0.15) is 13.4 Å². The van der Waals surface area contributed by atoms with Gasteiger partial charge in [0, 0.05) is 49.0 Å². The summed E-state index contributed by atoms with van der Waals surface area (Å²) in [5.74, 6) is 2.00. The summed E-state index contributed by atoms with van der Waals surface area (Å²) < 4.78 is 35.1. The van der Waals surface area contributed by atoms with Crippen LogP contribution in [0.25, 0.3) is 0 Å². The second-order valence-corrected chi connectivity index (χ2v) is 9.14. The van der Waals surface area contributed by atoms with E-state index in [0.29, 0.717) is 37.2 Å². The summed E-state index contributed by atoms with van der Waals surface area (Å²) in [5.41, 5.74) is 2.05. The average molecular weight is 458 g/mol. The number of hydrogen-bond donors (Lipinski definition) is 2. The van der Waals surface area contributed by atoms with Crippen LogP contribution in [0.5, 0.6) is 0 Å². The van der Waals surface area contributed by atoms with Crippen LogP contribution in [0, 0.1) is 13.8 Å². The van der Waals surface area contributed by atoms with Crippen LogP contribution in [0.4, 0.5) is 23.1 Å². The number of nitrogens with one attached hydrogen (secondary N) is 2. The Bertz CT molecular complexity index is 1190. The molecule has 0 unspecified atom stereocenters. The van der Waals surface area contributed by atoms with Gasteiger partial charge >= 0.3 is 0 Å². The molecule has 1 saturated heterocycles. The van der Waals surface area contributed by atoms with E-state index in [1.807, 2.05) is 19.9 Å². The highest BCUT2D eigenvalue weighted by Gasteiger charge is 2.19. The summed E-state index contributed by atoms with van der Waals surface area (Å²) >= 11 is 0. The van der Waals surface area contributed by atoms with E-state index in [2.05, 4.69) is 29.9 Å². The number of morpholine rings is 1. The third-order valence-electron chi connectivity index (χ3n) is 5.14. The highest BCUT2D eigenvalue weighted by molar-refractivity contribution is 7.92. The Hall–Kier alpha value is -3.18. The van der Waals surface area contributed by atoms with Crippen molar-refractivity contribution in [3.8, 4) is 0 Å². The van der Waals surface area contributed by atoms with Crippen LogP contribution in [0.3, 0.4) is 0 Å². The third kappa shape index (κ3) is 5.00. The zero-order chi connectivity index (χ0) is 22.7. The van der Waals surface area contributed by atoms with E-state index in [9.17, 15) is 8.42 Å². The minimum absolute atomic E-state index is 0.00264. The van der Waals surface area contributed by atoms with Crippen LogP contribution in [0.1, 0.15) is 18.4 Å². The van der Waals surface area contributed by atoms with Gasteiger partial charge in [-0.1, -0.05) is 0 Å². The van der Waals surface area contributed by atoms with E-state index in [0.717, 1.165) is 30.3 Å². The molecule has 0 bridgehead atoms. The van der Waals surface area contributed by atoms with Gasteiger partial charge in [0.05, 0.1) is 13.2 Å². The SMILES string of the molecule is CCn1cc(S(=O)(=O)Nc2ccc(Nc3nc(C)cc(N4CCOCC4)n3)cc2)nc1C. The quantitative estimate of drug-likeness (QED) is 0.557.